The van der Waals surface area contributed by atoms with E-state index in [1.807, 2.05) is 30.3 Å². The predicted octanol–water partition coefficient (Wildman–Crippen LogP) is 3.01. The Labute approximate surface area is 157 Å². The molecule has 0 radical (unpaired) electrons. The number of ether oxygens (including phenoxy) is 1. The van der Waals surface area contributed by atoms with Gasteiger partial charge in [-0.1, -0.05) is 18.2 Å². The van der Waals surface area contributed by atoms with Crippen LogP contribution in [-0.2, 0) is 0 Å². The first-order valence-electron chi connectivity index (χ1n) is 8.93. The maximum absolute atomic E-state index is 9.38. The molecule has 3 heterocycles. The number of hydrogen-bond donors (Lipinski definition) is 0. The number of anilines is 1. The van der Waals surface area contributed by atoms with Crippen LogP contribution in [-0.4, -0.2) is 49.2 Å². The molecule has 0 amide bonds. The van der Waals surface area contributed by atoms with Crippen LogP contribution in [0.25, 0.3) is 11.7 Å². The van der Waals surface area contributed by atoms with Crippen molar-refractivity contribution in [3.8, 4) is 23.5 Å². The van der Waals surface area contributed by atoms with E-state index in [4.69, 9.17) is 13.6 Å². The van der Waals surface area contributed by atoms with Crippen LogP contribution in [0.2, 0.25) is 0 Å². The Morgan fingerprint density at radius 3 is 2.59 bits per heavy atom. The van der Waals surface area contributed by atoms with E-state index in [1.54, 1.807) is 18.4 Å². The van der Waals surface area contributed by atoms with Gasteiger partial charge in [0.2, 0.25) is 11.6 Å². The van der Waals surface area contributed by atoms with Crippen molar-refractivity contribution in [2.24, 2.45) is 0 Å². The van der Waals surface area contributed by atoms with Crippen molar-refractivity contribution in [3.05, 3.63) is 54.4 Å². The summed E-state index contributed by atoms with van der Waals surface area (Å²) in [6, 6.07) is 15.5. The summed E-state index contributed by atoms with van der Waals surface area (Å²) in [6.07, 6.45) is 1.56. The molecule has 1 aromatic carbocycles. The maximum Gasteiger partial charge on any atom is 0.266 e. The molecule has 0 atom stereocenters. The summed E-state index contributed by atoms with van der Waals surface area (Å²) in [5, 5.41) is 9.38. The average Bonchev–Trinajstić information content (AvgIpc) is 3.39. The molecule has 0 saturated carbocycles. The highest BCUT2D eigenvalue weighted by molar-refractivity contribution is 5.55. The van der Waals surface area contributed by atoms with Crippen LogP contribution >= 0.6 is 0 Å². The Kier molecular flexibility index (Phi) is 5.08. The van der Waals surface area contributed by atoms with Crippen LogP contribution in [0.1, 0.15) is 5.69 Å². The monoisotopic (exact) mass is 364 g/mol. The summed E-state index contributed by atoms with van der Waals surface area (Å²) < 4.78 is 16.9. The Bertz CT molecular complexity index is 891. The van der Waals surface area contributed by atoms with E-state index in [0.717, 1.165) is 38.5 Å². The van der Waals surface area contributed by atoms with Crippen molar-refractivity contribution < 1.29 is 13.6 Å². The SMILES string of the molecule is N#Cc1nc(-c2ccco2)oc1N1CCN(CCOc2ccccc2)CC1. The van der Waals surface area contributed by atoms with E-state index >= 15 is 0 Å². The Morgan fingerprint density at radius 2 is 1.89 bits per heavy atom. The van der Waals surface area contributed by atoms with Gasteiger partial charge >= 0.3 is 0 Å². The molecule has 2 aromatic heterocycles. The Morgan fingerprint density at radius 1 is 1.07 bits per heavy atom. The van der Waals surface area contributed by atoms with Crippen molar-refractivity contribution in [3.63, 3.8) is 0 Å². The molecule has 1 saturated heterocycles. The maximum atomic E-state index is 9.38. The highest BCUT2D eigenvalue weighted by Crippen LogP contribution is 2.29. The van der Waals surface area contributed by atoms with Gasteiger partial charge in [-0.25, -0.2) is 0 Å². The molecule has 1 aliphatic heterocycles. The van der Waals surface area contributed by atoms with Crippen molar-refractivity contribution >= 4 is 5.88 Å². The Hall–Kier alpha value is -3.24. The molecule has 0 aliphatic carbocycles. The van der Waals surface area contributed by atoms with Crippen molar-refractivity contribution in [1.82, 2.24) is 9.88 Å². The summed E-state index contributed by atoms with van der Waals surface area (Å²) in [4.78, 5) is 8.66. The van der Waals surface area contributed by atoms with Gasteiger partial charge in [-0.15, -0.1) is 0 Å². The summed E-state index contributed by atoms with van der Waals surface area (Å²) in [5.41, 5.74) is 0.294. The molecule has 1 fully saturated rings. The van der Waals surface area contributed by atoms with Gasteiger partial charge in [0.25, 0.3) is 5.89 Å². The van der Waals surface area contributed by atoms with E-state index in [-0.39, 0.29) is 0 Å². The van der Waals surface area contributed by atoms with Crippen LogP contribution in [0.4, 0.5) is 5.88 Å². The number of piperazine rings is 1. The first kappa shape index (κ1) is 17.2. The lowest BCUT2D eigenvalue weighted by atomic mass is 10.3. The molecule has 7 nitrogen and oxygen atoms in total. The van der Waals surface area contributed by atoms with Gasteiger partial charge in [-0.2, -0.15) is 10.2 Å². The standard InChI is InChI=1S/C20H20N4O3/c21-15-17-20(27-19(22-17)18-7-4-13-26-18)24-10-8-23(9-11-24)12-14-25-16-5-2-1-3-6-16/h1-7,13H,8-12,14H2. The van der Waals surface area contributed by atoms with Crippen LogP contribution in [0.15, 0.2) is 57.6 Å². The fraction of sp³-hybridized carbons (Fsp3) is 0.300. The molecular formula is C20H20N4O3. The van der Waals surface area contributed by atoms with Gasteiger partial charge in [-0.05, 0) is 24.3 Å². The van der Waals surface area contributed by atoms with Gasteiger partial charge in [0, 0.05) is 32.7 Å². The van der Waals surface area contributed by atoms with Crippen LogP contribution in [0.5, 0.6) is 5.75 Å². The van der Waals surface area contributed by atoms with Gasteiger partial charge < -0.3 is 18.5 Å². The first-order valence-corrected chi connectivity index (χ1v) is 8.93. The number of nitrogens with zero attached hydrogens (tertiary/aromatic N) is 4. The highest BCUT2D eigenvalue weighted by Gasteiger charge is 2.25. The largest absolute Gasteiger partial charge is 0.492 e. The van der Waals surface area contributed by atoms with Crippen molar-refractivity contribution in [1.29, 1.82) is 5.26 Å². The third kappa shape index (κ3) is 3.96. The lowest BCUT2D eigenvalue weighted by Gasteiger charge is -2.34. The topological polar surface area (TPSA) is 78.7 Å². The van der Waals surface area contributed by atoms with E-state index < -0.39 is 0 Å². The van der Waals surface area contributed by atoms with Crippen LogP contribution in [0, 0.1) is 11.3 Å². The lowest BCUT2D eigenvalue weighted by Crippen LogP contribution is -2.47. The Balaban J connectivity index is 1.32. The second-order valence-corrected chi connectivity index (χ2v) is 6.25. The fourth-order valence-corrected chi connectivity index (χ4v) is 3.09. The molecule has 0 unspecified atom stereocenters. The zero-order chi connectivity index (χ0) is 18.5. The molecule has 0 spiro atoms. The second kappa shape index (κ2) is 7.98. The van der Waals surface area contributed by atoms with Crippen molar-refractivity contribution in [2.75, 3.05) is 44.2 Å². The fourth-order valence-electron chi connectivity index (χ4n) is 3.09. The summed E-state index contributed by atoms with van der Waals surface area (Å²) in [5.74, 6) is 2.27. The van der Waals surface area contributed by atoms with Gasteiger partial charge in [0.15, 0.2) is 5.76 Å². The van der Waals surface area contributed by atoms with E-state index in [2.05, 4.69) is 20.9 Å². The van der Waals surface area contributed by atoms with E-state index in [9.17, 15) is 5.26 Å². The number of nitriles is 1. The minimum atomic E-state index is 0.294. The highest BCUT2D eigenvalue weighted by atomic mass is 16.5. The number of rotatable bonds is 6. The first-order chi connectivity index (χ1) is 13.3. The third-order valence-corrected chi connectivity index (χ3v) is 4.53. The van der Waals surface area contributed by atoms with E-state index in [0.29, 0.717) is 29.8 Å². The number of aromatic nitrogens is 1. The molecule has 4 rings (SSSR count). The smallest absolute Gasteiger partial charge is 0.266 e. The number of hydrogen-bond acceptors (Lipinski definition) is 7. The molecule has 138 valence electrons. The number of oxazole rings is 1. The number of para-hydroxylation sites is 1. The minimum Gasteiger partial charge on any atom is -0.492 e. The normalized spacial score (nSPS) is 14.9. The van der Waals surface area contributed by atoms with Crippen LogP contribution < -0.4 is 9.64 Å². The molecule has 0 bridgehead atoms. The summed E-state index contributed by atoms with van der Waals surface area (Å²) >= 11 is 0. The average molecular weight is 364 g/mol. The van der Waals surface area contributed by atoms with Gasteiger partial charge in [-0.3, -0.25) is 4.90 Å². The summed E-state index contributed by atoms with van der Waals surface area (Å²) in [7, 11) is 0. The minimum absolute atomic E-state index is 0.294. The molecule has 1 aliphatic rings. The predicted molar refractivity (Wildman–Crippen MR) is 99.5 cm³/mol. The van der Waals surface area contributed by atoms with Gasteiger partial charge in [0.05, 0.1) is 6.26 Å². The zero-order valence-corrected chi connectivity index (χ0v) is 14.9. The lowest BCUT2D eigenvalue weighted by molar-refractivity contribution is 0.199. The summed E-state index contributed by atoms with van der Waals surface area (Å²) in [6.45, 7) is 4.81. The molecule has 7 heteroatoms. The zero-order valence-electron chi connectivity index (χ0n) is 14.9. The molecule has 3 aromatic rings. The second-order valence-electron chi connectivity index (χ2n) is 6.25. The molecule has 27 heavy (non-hydrogen) atoms. The van der Waals surface area contributed by atoms with Gasteiger partial charge in [0.1, 0.15) is 18.4 Å². The number of furan rings is 1. The third-order valence-electron chi connectivity index (χ3n) is 4.53. The quantitative estimate of drug-likeness (QED) is 0.665. The van der Waals surface area contributed by atoms with Crippen molar-refractivity contribution in [2.45, 2.75) is 0 Å². The van der Waals surface area contributed by atoms with Crippen LogP contribution in [0.3, 0.4) is 0 Å². The molecular weight excluding hydrogens is 344 g/mol. The number of benzene rings is 1. The molecule has 0 N–H and O–H groups in total. The van der Waals surface area contributed by atoms with E-state index in [1.165, 1.54) is 0 Å².